The lowest BCUT2D eigenvalue weighted by Crippen LogP contribution is -1.91. The van der Waals surface area contributed by atoms with Crippen molar-refractivity contribution in [3.63, 3.8) is 0 Å². The van der Waals surface area contributed by atoms with Gasteiger partial charge in [0.2, 0.25) is 0 Å². The molecule has 0 fully saturated rings. The van der Waals surface area contributed by atoms with E-state index in [1.54, 1.807) is 4.68 Å². The molecule has 0 spiro atoms. The fourth-order valence-electron chi connectivity index (χ4n) is 1.49. The number of aromatic nitrogens is 3. The number of hydrogen-bond acceptors (Lipinski definition) is 2. The van der Waals surface area contributed by atoms with Crippen LogP contribution in [0.25, 0.3) is 11.1 Å². The summed E-state index contributed by atoms with van der Waals surface area (Å²) in [4.78, 5) is 4.43. The van der Waals surface area contributed by atoms with Crippen LogP contribution < -0.4 is 0 Å². The maximum atomic E-state index is 4.43. The second-order valence-corrected chi connectivity index (χ2v) is 4.03. The summed E-state index contributed by atoms with van der Waals surface area (Å²) in [5.74, 6) is 0.480. The number of nitrogens with zero attached hydrogens (tertiary/aromatic N) is 3. The van der Waals surface area contributed by atoms with Gasteiger partial charge >= 0.3 is 0 Å². The Morgan fingerprint density at radius 2 is 1.93 bits per heavy atom. The van der Waals surface area contributed by atoms with Crippen molar-refractivity contribution in [2.45, 2.75) is 19.8 Å². The van der Waals surface area contributed by atoms with Crippen molar-refractivity contribution in [2.24, 2.45) is 7.05 Å². The number of hydrogen-bond donors (Lipinski definition) is 0. The molecular weight excluding hydrogens is 186 g/mol. The average Bonchev–Trinajstić information content (AvgIpc) is 2.65. The first-order valence-electron chi connectivity index (χ1n) is 5.12. The fraction of sp³-hybridized carbons (Fsp3) is 0.333. The van der Waals surface area contributed by atoms with Gasteiger partial charge in [-0.2, -0.15) is 5.10 Å². The van der Waals surface area contributed by atoms with E-state index in [0.29, 0.717) is 5.92 Å². The first kappa shape index (κ1) is 9.90. The van der Waals surface area contributed by atoms with Crippen LogP contribution in [0.1, 0.15) is 25.5 Å². The van der Waals surface area contributed by atoms with Gasteiger partial charge in [-0.05, 0) is 12.0 Å². The zero-order chi connectivity index (χ0) is 10.8. The zero-order valence-corrected chi connectivity index (χ0v) is 9.31. The fourth-order valence-corrected chi connectivity index (χ4v) is 1.49. The molecule has 0 saturated carbocycles. The topological polar surface area (TPSA) is 30.7 Å². The van der Waals surface area contributed by atoms with Gasteiger partial charge in [0.15, 0.2) is 0 Å². The van der Waals surface area contributed by atoms with Crippen LogP contribution in [-0.4, -0.2) is 14.8 Å². The summed E-state index contributed by atoms with van der Waals surface area (Å²) < 4.78 is 1.80. The van der Waals surface area contributed by atoms with Gasteiger partial charge in [-0.1, -0.05) is 19.9 Å². The normalized spacial score (nSPS) is 10.9. The molecule has 0 radical (unpaired) electrons. The quantitative estimate of drug-likeness (QED) is 0.747. The molecule has 0 aliphatic heterocycles. The van der Waals surface area contributed by atoms with Gasteiger partial charge in [-0.15, -0.1) is 0 Å². The van der Waals surface area contributed by atoms with Gasteiger partial charge in [0.25, 0.3) is 0 Å². The Morgan fingerprint density at radius 1 is 1.13 bits per heavy atom. The maximum Gasteiger partial charge on any atom is 0.0568 e. The Labute approximate surface area is 89.8 Å². The third kappa shape index (κ3) is 2.06. The summed E-state index contributed by atoms with van der Waals surface area (Å²) in [6, 6.07) is 4.17. The molecule has 0 saturated heterocycles. The Morgan fingerprint density at radius 3 is 2.40 bits per heavy atom. The van der Waals surface area contributed by atoms with E-state index in [1.807, 2.05) is 25.6 Å². The predicted molar refractivity (Wildman–Crippen MR) is 60.5 cm³/mol. The standard InChI is InChI=1S/C12H15N3/c1-9(2)12-5-4-10(6-13-12)11-7-14-15(3)8-11/h4-9H,1-3H3. The Bertz CT molecular complexity index is 440. The predicted octanol–water partition coefficient (Wildman–Crippen LogP) is 2.61. The number of aryl methyl sites for hydroxylation is 1. The molecule has 0 atom stereocenters. The highest BCUT2D eigenvalue weighted by atomic mass is 15.2. The van der Waals surface area contributed by atoms with E-state index in [4.69, 9.17) is 0 Å². The lowest BCUT2D eigenvalue weighted by molar-refractivity contribution is 0.768. The van der Waals surface area contributed by atoms with Crippen molar-refractivity contribution in [1.29, 1.82) is 0 Å². The molecule has 2 aromatic heterocycles. The molecular formula is C12H15N3. The second kappa shape index (κ2) is 3.85. The number of pyridine rings is 1. The monoisotopic (exact) mass is 201 g/mol. The Balaban J connectivity index is 2.31. The molecule has 0 aliphatic rings. The molecule has 2 heterocycles. The number of rotatable bonds is 2. The van der Waals surface area contributed by atoms with E-state index in [1.165, 1.54) is 0 Å². The van der Waals surface area contributed by atoms with Crippen LogP contribution >= 0.6 is 0 Å². The van der Waals surface area contributed by atoms with E-state index in [-0.39, 0.29) is 0 Å². The Hall–Kier alpha value is -1.64. The minimum atomic E-state index is 0.480. The van der Waals surface area contributed by atoms with Crippen LogP contribution in [0, 0.1) is 0 Å². The van der Waals surface area contributed by atoms with Gasteiger partial charge in [-0.25, -0.2) is 0 Å². The molecule has 2 rings (SSSR count). The molecule has 78 valence electrons. The summed E-state index contributed by atoms with van der Waals surface area (Å²) in [6.07, 6.45) is 5.75. The van der Waals surface area contributed by atoms with Crippen molar-refractivity contribution in [2.75, 3.05) is 0 Å². The molecule has 3 heteroatoms. The molecule has 0 N–H and O–H groups in total. The van der Waals surface area contributed by atoms with Crippen molar-refractivity contribution >= 4 is 0 Å². The summed E-state index contributed by atoms with van der Waals surface area (Å²) in [7, 11) is 1.92. The highest BCUT2D eigenvalue weighted by Gasteiger charge is 2.03. The van der Waals surface area contributed by atoms with Crippen LogP contribution in [0.5, 0.6) is 0 Å². The second-order valence-electron chi connectivity index (χ2n) is 4.03. The smallest absolute Gasteiger partial charge is 0.0568 e. The third-order valence-corrected chi connectivity index (χ3v) is 2.42. The molecule has 2 aromatic rings. The Kier molecular flexibility index (Phi) is 2.54. The molecule has 0 amide bonds. The molecule has 0 aromatic carbocycles. The van der Waals surface area contributed by atoms with E-state index in [9.17, 15) is 0 Å². The van der Waals surface area contributed by atoms with Crippen molar-refractivity contribution in [1.82, 2.24) is 14.8 Å². The largest absolute Gasteiger partial charge is 0.275 e. The third-order valence-electron chi connectivity index (χ3n) is 2.42. The van der Waals surface area contributed by atoms with Gasteiger partial charge < -0.3 is 0 Å². The van der Waals surface area contributed by atoms with Crippen LogP contribution in [0.2, 0.25) is 0 Å². The summed E-state index contributed by atoms with van der Waals surface area (Å²) >= 11 is 0. The zero-order valence-electron chi connectivity index (χ0n) is 9.31. The lowest BCUT2D eigenvalue weighted by Gasteiger charge is -2.04. The SMILES string of the molecule is CC(C)c1ccc(-c2cnn(C)c2)cn1. The van der Waals surface area contributed by atoms with Crippen LogP contribution in [0.15, 0.2) is 30.7 Å². The van der Waals surface area contributed by atoms with Gasteiger partial charge in [0.1, 0.15) is 0 Å². The summed E-state index contributed by atoms with van der Waals surface area (Å²) in [5.41, 5.74) is 3.36. The van der Waals surface area contributed by atoms with E-state index >= 15 is 0 Å². The van der Waals surface area contributed by atoms with Crippen molar-refractivity contribution in [3.05, 3.63) is 36.4 Å². The molecule has 3 nitrogen and oxygen atoms in total. The first-order chi connectivity index (χ1) is 7.16. The summed E-state index contributed by atoms with van der Waals surface area (Å²) in [5, 5.41) is 4.14. The lowest BCUT2D eigenvalue weighted by atomic mass is 10.1. The van der Waals surface area contributed by atoms with Gasteiger partial charge in [0.05, 0.1) is 6.20 Å². The van der Waals surface area contributed by atoms with E-state index in [2.05, 4.69) is 36.1 Å². The van der Waals surface area contributed by atoms with E-state index in [0.717, 1.165) is 16.8 Å². The molecule has 15 heavy (non-hydrogen) atoms. The molecule has 0 unspecified atom stereocenters. The minimum absolute atomic E-state index is 0.480. The maximum absolute atomic E-state index is 4.43. The van der Waals surface area contributed by atoms with Gasteiger partial charge in [-0.3, -0.25) is 9.67 Å². The van der Waals surface area contributed by atoms with E-state index < -0.39 is 0 Å². The van der Waals surface area contributed by atoms with Gasteiger partial charge in [0, 0.05) is 36.3 Å². The van der Waals surface area contributed by atoms with Crippen LogP contribution in [-0.2, 0) is 7.05 Å². The average molecular weight is 201 g/mol. The highest BCUT2D eigenvalue weighted by Crippen LogP contribution is 2.19. The molecule has 0 aliphatic carbocycles. The van der Waals surface area contributed by atoms with Crippen LogP contribution in [0.4, 0.5) is 0 Å². The van der Waals surface area contributed by atoms with Crippen molar-refractivity contribution < 1.29 is 0 Å². The highest BCUT2D eigenvalue weighted by molar-refractivity contribution is 5.60. The molecule has 0 bridgehead atoms. The first-order valence-corrected chi connectivity index (χ1v) is 5.12. The minimum Gasteiger partial charge on any atom is -0.275 e. The van der Waals surface area contributed by atoms with Crippen LogP contribution in [0.3, 0.4) is 0 Å². The summed E-state index contributed by atoms with van der Waals surface area (Å²) in [6.45, 7) is 4.29. The van der Waals surface area contributed by atoms with Crippen molar-refractivity contribution in [3.8, 4) is 11.1 Å².